The number of ether oxygens (including phenoxy) is 1. The number of aromatic nitrogens is 1. The zero-order valence-corrected chi connectivity index (χ0v) is 8.27. The molecular weight excluding hydrogens is 232 g/mol. The van der Waals surface area contributed by atoms with Crippen molar-refractivity contribution >= 4 is 17.6 Å². The van der Waals surface area contributed by atoms with E-state index < -0.39 is 34.2 Å². The molecule has 0 aliphatic rings. The molecule has 1 aromatic heterocycles. The van der Waals surface area contributed by atoms with Crippen LogP contribution in [0.25, 0.3) is 0 Å². The summed E-state index contributed by atoms with van der Waals surface area (Å²) in [4.78, 5) is 24.0. The lowest BCUT2D eigenvalue weighted by atomic mass is 10.2. The van der Waals surface area contributed by atoms with Gasteiger partial charge in [0, 0.05) is 0 Å². The second kappa shape index (κ2) is 4.39. The van der Waals surface area contributed by atoms with Gasteiger partial charge in [0.1, 0.15) is 10.7 Å². The van der Waals surface area contributed by atoms with Gasteiger partial charge < -0.3 is 9.72 Å². The van der Waals surface area contributed by atoms with E-state index in [4.69, 9.17) is 11.6 Å². The number of hydrogen-bond acceptors (Lipinski definition) is 3. The SMILES string of the molecule is COC(=O)c1[nH]c(=O)c(Cl)cc1C(F)F. The smallest absolute Gasteiger partial charge is 0.355 e. The van der Waals surface area contributed by atoms with Crippen LogP contribution in [0.5, 0.6) is 0 Å². The van der Waals surface area contributed by atoms with Crippen LogP contribution < -0.4 is 5.56 Å². The average Bonchev–Trinajstić information content (AvgIpc) is 2.20. The van der Waals surface area contributed by atoms with Crippen molar-refractivity contribution in [3.8, 4) is 0 Å². The maximum absolute atomic E-state index is 12.4. The van der Waals surface area contributed by atoms with Crippen LogP contribution in [-0.4, -0.2) is 18.1 Å². The van der Waals surface area contributed by atoms with Crippen molar-refractivity contribution in [2.45, 2.75) is 6.43 Å². The lowest BCUT2D eigenvalue weighted by Gasteiger charge is -2.06. The van der Waals surface area contributed by atoms with Crippen LogP contribution in [0.15, 0.2) is 10.9 Å². The summed E-state index contributed by atoms with van der Waals surface area (Å²) in [7, 11) is 1.02. The van der Waals surface area contributed by atoms with Gasteiger partial charge in [-0.25, -0.2) is 13.6 Å². The zero-order chi connectivity index (χ0) is 11.6. The second-order valence-corrected chi connectivity index (χ2v) is 2.98. The number of rotatable bonds is 2. The van der Waals surface area contributed by atoms with E-state index in [2.05, 4.69) is 4.74 Å². The van der Waals surface area contributed by atoms with Crippen LogP contribution in [0.1, 0.15) is 22.5 Å². The monoisotopic (exact) mass is 237 g/mol. The molecule has 0 aliphatic heterocycles. The Morgan fingerprint density at radius 1 is 1.60 bits per heavy atom. The van der Waals surface area contributed by atoms with Gasteiger partial charge in [-0.2, -0.15) is 0 Å². The maximum Gasteiger partial charge on any atom is 0.355 e. The van der Waals surface area contributed by atoms with Gasteiger partial charge in [0.25, 0.3) is 12.0 Å². The van der Waals surface area contributed by atoms with Crippen LogP contribution in [0.2, 0.25) is 5.02 Å². The summed E-state index contributed by atoms with van der Waals surface area (Å²) < 4.78 is 29.1. The number of nitrogens with one attached hydrogen (secondary N) is 1. The molecule has 82 valence electrons. The number of hydrogen-bond donors (Lipinski definition) is 1. The van der Waals surface area contributed by atoms with E-state index in [9.17, 15) is 18.4 Å². The fraction of sp³-hybridized carbons (Fsp3) is 0.250. The van der Waals surface area contributed by atoms with E-state index in [1.807, 2.05) is 4.98 Å². The van der Waals surface area contributed by atoms with Crippen LogP contribution in [0.4, 0.5) is 8.78 Å². The summed E-state index contributed by atoms with van der Waals surface area (Å²) in [5.41, 5.74) is -2.06. The summed E-state index contributed by atoms with van der Waals surface area (Å²) in [6.45, 7) is 0. The fourth-order valence-corrected chi connectivity index (χ4v) is 1.13. The molecule has 7 heteroatoms. The highest BCUT2D eigenvalue weighted by atomic mass is 35.5. The summed E-state index contributed by atoms with van der Waals surface area (Å²) in [6.07, 6.45) is -2.92. The quantitative estimate of drug-likeness (QED) is 0.798. The van der Waals surface area contributed by atoms with Gasteiger partial charge in [-0.05, 0) is 6.07 Å². The van der Waals surface area contributed by atoms with Crippen molar-refractivity contribution in [1.29, 1.82) is 0 Å². The minimum Gasteiger partial charge on any atom is -0.464 e. The van der Waals surface area contributed by atoms with Gasteiger partial charge >= 0.3 is 5.97 Å². The molecule has 0 aromatic carbocycles. The highest BCUT2D eigenvalue weighted by molar-refractivity contribution is 6.30. The molecule has 0 unspecified atom stereocenters. The molecule has 0 aliphatic carbocycles. The molecule has 0 saturated carbocycles. The minimum absolute atomic E-state index is 0.405. The van der Waals surface area contributed by atoms with Crippen LogP contribution in [0, 0.1) is 0 Å². The number of halogens is 3. The molecule has 1 heterocycles. The van der Waals surface area contributed by atoms with Crippen molar-refractivity contribution in [2.24, 2.45) is 0 Å². The molecule has 0 amide bonds. The number of aromatic amines is 1. The fourth-order valence-electron chi connectivity index (χ4n) is 0.963. The Hall–Kier alpha value is -1.43. The van der Waals surface area contributed by atoms with E-state index >= 15 is 0 Å². The number of methoxy groups -OCH3 is 1. The largest absolute Gasteiger partial charge is 0.464 e. The summed E-state index contributed by atoms with van der Waals surface area (Å²) in [5, 5.41) is -0.405. The number of pyridine rings is 1. The highest BCUT2D eigenvalue weighted by Crippen LogP contribution is 2.23. The van der Waals surface area contributed by atoms with Crippen LogP contribution >= 0.6 is 11.6 Å². The van der Waals surface area contributed by atoms with E-state index in [1.165, 1.54) is 0 Å². The third kappa shape index (κ3) is 2.33. The van der Waals surface area contributed by atoms with Gasteiger partial charge in [0.15, 0.2) is 0 Å². The molecule has 0 bridgehead atoms. The van der Waals surface area contributed by atoms with E-state index in [-0.39, 0.29) is 0 Å². The predicted molar refractivity (Wildman–Crippen MR) is 48.4 cm³/mol. The molecule has 1 aromatic rings. The lowest BCUT2D eigenvalue weighted by molar-refractivity contribution is 0.0581. The Kier molecular flexibility index (Phi) is 3.41. The summed E-state index contributed by atoms with van der Waals surface area (Å²) in [6, 6.07) is 0.747. The Morgan fingerprint density at radius 2 is 2.20 bits per heavy atom. The first-order valence-electron chi connectivity index (χ1n) is 3.76. The molecule has 4 nitrogen and oxygen atoms in total. The van der Waals surface area contributed by atoms with Crippen molar-refractivity contribution < 1.29 is 18.3 Å². The van der Waals surface area contributed by atoms with E-state index in [1.54, 1.807) is 0 Å². The lowest BCUT2D eigenvalue weighted by Crippen LogP contribution is -2.17. The molecule has 0 atom stereocenters. The molecule has 0 fully saturated rings. The van der Waals surface area contributed by atoms with Crippen molar-refractivity contribution in [1.82, 2.24) is 4.98 Å². The van der Waals surface area contributed by atoms with Crippen molar-refractivity contribution in [2.75, 3.05) is 7.11 Å². The number of H-pyrrole nitrogens is 1. The molecule has 0 radical (unpaired) electrons. The Balaban J connectivity index is 3.41. The van der Waals surface area contributed by atoms with Crippen molar-refractivity contribution in [3.63, 3.8) is 0 Å². The van der Waals surface area contributed by atoms with Gasteiger partial charge in [0.2, 0.25) is 0 Å². The number of alkyl halides is 2. The normalized spacial score (nSPS) is 10.5. The highest BCUT2D eigenvalue weighted by Gasteiger charge is 2.21. The molecule has 1 rings (SSSR count). The predicted octanol–water partition coefficient (Wildman–Crippen LogP) is 1.75. The molecule has 15 heavy (non-hydrogen) atoms. The van der Waals surface area contributed by atoms with Crippen LogP contribution in [-0.2, 0) is 4.74 Å². The first-order chi connectivity index (χ1) is 6.97. The van der Waals surface area contributed by atoms with Gasteiger partial charge in [-0.15, -0.1) is 0 Å². The first kappa shape index (κ1) is 11.6. The van der Waals surface area contributed by atoms with Gasteiger partial charge in [-0.1, -0.05) is 11.6 Å². The van der Waals surface area contributed by atoms with E-state index in [0.717, 1.165) is 13.2 Å². The number of carbonyl (C=O) groups is 1. The minimum atomic E-state index is -2.92. The molecule has 1 N–H and O–H groups in total. The molecule has 0 spiro atoms. The third-order valence-electron chi connectivity index (χ3n) is 1.65. The van der Waals surface area contributed by atoms with Crippen molar-refractivity contribution in [3.05, 3.63) is 32.7 Å². The third-order valence-corrected chi connectivity index (χ3v) is 1.93. The Morgan fingerprint density at radius 3 is 2.67 bits per heavy atom. The van der Waals surface area contributed by atoms with Crippen LogP contribution in [0.3, 0.4) is 0 Å². The molecular formula is C8H6ClF2NO3. The number of esters is 1. The standard InChI is InChI=1S/C8H6ClF2NO3/c1-15-8(14)5-3(6(10)11)2-4(9)7(13)12-5/h2,6H,1H3,(H,12,13). The maximum atomic E-state index is 12.4. The van der Waals surface area contributed by atoms with Gasteiger partial charge in [0.05, 0.1) is 12.7 Å². The van der Waals surface area contributed by atoms with E-state index in [0.29, 0.717) is 0 Å². The summed E-state index contributed by atoms with van der Waals surface area (Å²) in [5.74, 6) is -1.04. The first-order valence-corrected chi connectivity index (χ1v) is 4.14. The van der Waals surface area contributed by atoms with Gasteiger partial charge in [-0.3, -0.25) is 4.79 Å². The Bertz CT molecular complexity index is 444. The molecule has 0 saturated heterocycles. The topological polar surface area (TPSA) is 59.2 Å². The number of carbonyl (C=O) groups excluding carboxylic acids is 1. The summed E-state index contributed by atoms with van der Waals surface area (Å²) >= 11 is 5.35. The zero-order valence-electron chi connectivity index (χ0n) is 7.51. The average molecular weight is 238 g/mol. The second-order valence-electron chi connectivity index (χ2n) is 2.57. The Labute approximate surface area is 87.8 Å².